The van der Waals surface area contributed by atoms with E-state index in [1.807, 2.05) is 54.6 Å². The lowest BCUT2D eigenvalue weighted by atomic mass is 10.1. The number of halogens is 2. The summed E-state index contributed by atoms with van der Waals surface area (Å²) in [4.78, 5) is 12.4. The van der Waals surface area contributed by atoms with Gasteiger partial charge in [-0.15, -0.1) is 0 Å². The van der Waals surface area contributed by atoms with Gasteiger partial charge in [0.05, 0.1) is 25.1 Å². The Hall–Kier alpha value is -1.01. The second-order valence-electron chi connectivity index (χ2n) is 8.27. The van der Waals surface area contributed by atoms with Crippen LogP contribution in [0.1, 0.15) is 63.9 Å². The fourth-order valence-corrected chi connectivity index (χ4v) is 5.07. The standard InChI is InChI=1S/C26H35Cl2O5PS/c1-2-3-4-5-6-7-11-14-26(29)35-25(21-32-34(27,28)30)20-31-19-22-15-17-24(18-16-22)33-23-12-9-8-10-13-23/h8-10,12-13,15-18,25H,2-7,11,14,19-21H2,1H3/t25-/m1/s1. The van der Waals surface area contributed by atoms with Gasteiger partial charge in [0.1, 0.15) is 11.5 Å². The molecule has 0 aliphatic heterocycles. The molecule has 0 saturated heterocycles. The molecule has 0 aromatic heterocycles. The first-order chi connectivity index (χ1) is 16.9. The van der Waals surface area contributed by atoms with Gasteiger partial charge in [-0.2, -0.15) is 0 Å². The number of para-hydroxylation sites is 1. The zero-order chi connectivity index (χ0) is 25.4. The van der Waals surface area contributed by atoms with Crippen LogP contribution in [0, 0.1) is 0 Å². The Kier molecular flexibility index (Phi) is 15.1. The molecule has 0 heterocycles. The van der Waals surface area contributed by atoms with Crippen LogP contribution >= 0.6 is 40.3 Å². The van der Waals surface area contributed by atoms with Gasteiger partial charge in [0.25, 0.3) is 0 Å². The highest BCUT2D eigenvalue weighted by molar-refractivity contribution is 8.14. The quantitative estimate of drug-likeness (QED) is 0.134. The molecule has 35 heavy (non-hydrogen) atoms. The van der Waals surface area contributed by atoms with Gasteiger partial charge in [-0.25, -0.2) is 0 Å². The first-order valence-electron chi connectivity index (χ1n) is 12.1. The number of benzene rings is 2. The van der Waals surface area contributed by atoms with Crippen molar-refractivity contribution in [1.29, 1.82) is 0 Å². The molecule has 0 aliphatic rings. The fourth-order valence-electron chi connectivity index (χ4n) is 3.34. The van der Waals surface area contributed by atoms with E-state index in [2.05, 4.69) is 6.92 Å². The Bertz CT molecular complexity index is 892. The van der Waals surface area contributed by atoms with E-state index in [0.717, 1.165) is 48.1 Å². The highest BCUT2D eigenvalue weighted by Crippen LogP contribution is 2.57. The zero-order valence-electron chi connectivity index (χ0n) is 20.2. The minimum Gasteiger partial charge on any atom is -0.457 e. The summed E-state index contributed by atoms with van der Waals surface area (Å²) in [6.07, 6.45) is 4.88. The molecule has 0 bridgehead atoms. The molecule has 194 valence electrons. The van der Waals surface area contributed by atoms with Crippen molar-refractivity contribution in [3.63, 3.8) is 0 Å². The second kappa shape index (κ2) is 17.4. The fraction of sp³-hybridized carbons (Fsp3) is 0.500. The van der Waals surface area contributed by atoms with Gasteiger partial charge in [0.15, 0.2) is 5.12 Å². The topological polar surface area (TPSA) is 61.8 Å². The van der Waals surface area contributed by atoms with Crippen molar-refractivity contribution >= 4 is 45.4 Å². The number of hydrogen-bond donors (Lipinski definition) is 0. The summed E-state index contributed by atoms with van der Waals surface area (Å²) in [6, 6.07) is 17.2. The van der Waals surface area contributed by atoms with Crippen molar-refractivity contribution in [3.8, 4) is 11.5 Å². The molecule has 1 atom stereocenters. The summed E-state index contributed by atoms with van der Waals surface area (Å²) in [7, 11) is 0. The van der Waals surface area contributed by atoms with Crippen molar-refractivity contribution in [2.45, 2.75) is 70.1 Å². The van der Waals surface area contributed by atoms with Crippen LogP contribution in [0.25, 0.3) is 0 Å². The Balaban J connectivity index is 1.75. The van der Waals surface area contributed by atoms with Gasteiger partial charge in [0, 0.05) is 6.42 Å². The lowest BCUT2D eigenvalue weighted by Gasteiger charge is -2.16. The monoisotopic (exact) mass is 560 g/mol. The number of unbranched alkanes of at least 4 members (excludes halogenated alkanes) is 6. The molecular weight excluding hydrogens is 526 g/mol. The zero-order valence-corrected chi connectivity index (χ0v) is 23.4. The minimum absolute atomic E-state index is 0.0262. The third-order valence-corrected chi connectivity index (χ3v) is 7.28. The van der Waals surface area contributed by atoms with Gasteiger partial charge in [-0.1, -0.05) is 87.5 Å². The largest absolute Gasteiger partial charge is 0.457 e. The van der Waals surface area contributed by atoms with Gasteiger partial charge in [-0.3, -0.25) is 9.36 Å². The molecular formula is C26H35Cl2O5PS. The van der Waals surface area contributed by atoms with Crippen LogP contribution in [0.5, 0.6) is 11.5 Å². The predicted octanol–water partition coefficient (Wildman–Crippen LogP) is 9.37. The van der Waals surface area contributed by atoms with Gasteiger partial charge in [-0.05, 0) is 58.7 Å². The van der Waals surface area contributed by atoms with E-state index in [1.165, 1.54) is 25.7 Å². The maximum Gasteiger partial charge on any atom is 0.380 e. The smallest absolute Gasteiger partial charge is 0.380 e. The number of ether oxygens (including phenoxy) is 2. The predicted molar refractivity (Wildman–Crippen MR) is 147 cm³/mol. The summed E-state index contributed by atoms with van der Waals surface area (Å²) in [5.74, 6) is 1.51. The summed E-state index contributed by atoms with van der Waals surface area (Å²) < 4.78 is 28.2. The van der Waals surface area contributed by atoms with Crippen LogP contribution in [0.3, 0.4) is 0 Å². The van der Waals surface area contributed by atoms with Crippen molar-refractivity contribution in [1.82, 2.24) is 0 Å². The van der Waals surface area contributed by atoms with E-state index in [1.54, 1.807) is 0 Å². The average Bonchev–Trinajstić information content (AvgIpc) is 2.83. The molecule has 2 aromatic rings. The first kappa shape index (κ1) is 30.2. The maximum atomic E-state index is 12.4. The molecule has 0 N–H and O–H groups in total. The summed E-state index contributed by atoms with van der Waals surface area (Å²) in [6.45, 7) is 2.77. The minimum atomic E-state index is -3.68. The summed E-state index contributed by atoms with van der Waals surface area (Å²) >= 11 is 12.2. The molecule has 2 aromatic carbocycles. The van der Waals surface area contributed by atoms with E-state index >= 15 is 0 Å². The highest BCUT2D eigenvalue weighted by Gasteiger charge is 2.21. The van der Waals surface area contributed by atoms with E-state index in [4.69, 9.17) is 36.5 Å². The molecule has 0 unspecified atom stereocenters. The summed E-state index contributed by atoms with van der Waals surface area (Å²) in [5, 5.41) is -0.282. The normalized spacial score (nSPS) is 12.4. The molecule has 9 heteroatoms. The Morgan fingerprint density at radius 3 is 2.17 bits per heavy atom. The third kappa shape index (κ3) is 15.0. The third-order valence-electron chi connectivity index (χ3n) is 5.17. The lowest BCUT2D eigenvalue weighted by molar-refractivity contribution is -0.111. The molecule has 0 aliphatic carbocycles. The van der Waals surface area contributed by atoms with E-state index in [0.29, 0.717) is 13.0 Å². The molecule has 0 fully saturated rings. The SMILES string of the molecule is CCCCCCCCCC(=O)S[C@H](COCc1ccc(Oc2ccccc2)cc1)COP(=O)(Cl)Cl. The maximum absolute atomic E-state index is 12.4. The first-order valence-corrected chi connectivity index (χ1v) is 16.4. The van der Waals surface area contributed by atoms with Crippen LogP contribution in [0.15, 0.2) is 54.6 Å². The van der Waals surface area contributed by atoms with Crippen LogP contribution in [-0.4, -0.2) is 23.6 Å². The average molecular weight is 562 g/mol. The van der Waals surface area contributed by atoms with E-state index in [-0.39, 0.29) is 23.6 Å². The molecule has 0 amide bonds. The number of thioether (sulfide) groups is 1. The molecule has 0 saturated carbocycles. The summed E-state index contributed by atoms with van der Waals surface area (Å²) in [5.41, 5.74) is 0.963. The number of carbonyl (C=O) groups excluding carboxylic acids is 1. The van der Waals surface area contributed by atoms with E-state index in [9.17, 15) is 9.36 Å². The Morgan fingerprint density at radius 2 is 1.51 bits per heavy atom. The van der Waals surface area contributed by atoms with Gasteiger partial charge < -0.3 is 14.0 Å². The van der Waals surface area contributed by atoms with Crippen molar-refractivity contribution < 1.29 is 23.4 Å². The molecule has 0 spiro atoms. The number of hydrogen-bond acceptors (Lipinski definition) is 6. The van der Waals surface area contributed by atoms with Crippen molar-refractivity contribution in [3.05, 3.63) is 60.2 Å². The lowest BCUT2D eigenvalue weighted by Crippen LogP contribution is -2.20. The van der Waals surface area contributed by atoms with E-state index < -0.39 is 6.07 Å². The molecule has 0 radical (unpaired) electrons. The van der Waals surface area contributed by atoms with Gasteiger partial charge >= 0.3 is 6.07 Å². The second-order valence-corrected chi connectivity index (χ2v) is 13.9. The van der Waals surface area contributed by atoms with Crippen LogP contribution in [0.2, 0.25) is 0 Å². The van der Waals surface area contributed by atoms with Crippen molar-refractivity contribution in [2.75, 3.05) is 13.2 Å². The highest BCUT2D eigenvalue weighted by atomic mass is 35.9. The number of rotatable bonds is 18. The molecule has 5 nitrogen and oxygen atoms in total. The van der Waals surface area contributed by atoms with Crippen LogP contribution in [0.4, 0.5) is 0 Å². The van der Waals surface area contributed by atoms with Crippen LogP contribution < -0.4 is 4.74 Å². The van der Waals surface area contributed by atoms with Gasteiger partial charge in [0.2, 0.25) is 0 Å². The van der Waals surface area contributed by atoms with Crippen molar-refractivity contribution in [2.24, 2.45) is 0 Å². The van der Waals surface area contributed by atoms with Crippen LogP contribution in [-0.2, 0) is 25.2 Å². The number of carbonyl (C=O) groups is 1. The molecule has 2 rings (SSSR count). The Morgan fingerprint density at radius 1 is 0.886 bits per heavy atom. The Labute approximate surface area is 223 Å².